The molecule has 1 rings (SSSR count). The van der Waals surface area contributed by atoms with E-state index >= 15 is 0 Å². The van der Waals surface area contributed by atoms with Crippen LogP contribution in [0.25, 0.3) is 0 Å². The molecule has 0 saturated heterocycles. The molecule has 0 aliphatic carbocycles. The lowest BCUT2D eigenvalue weighted by molar-refractivity contribution is -0.120. The van der Waals surface area contributed by atoms with Crippen molar-refractivity contribution < 1.29 is 4.79 Å². The molecule has 90 valence electrons. The predicted octanol–water partition coefficient (Wildman–Crippen LogP) is 1.12. The maximum Gasteiger partial charge on any atom is 0.221 e. The molecule has 0 aliphatic rings. The van der Waals surface area contributed by atoms with E-state index in [1.165, 1.54) is 5.69 Å². The van der Waals surface area contributed by atoms with Gasteiger partial charge >= 0.3 is 0 Å². The first kappa shape index (κ1) is 12.8. The monoisotopic (exact) mass is 223 g/mol. The van der Waals surface area contributed by atoms with Gasteiger partial charge in [0.1, 0.15) is 0 Å². The Bertz CT molecular complexity index is 331. The van der Waals surface area contributed by atoms with Gasteiger partial charge in [-0.05, 0) is 12.1 Å². The molecule has 0 radical (unpaired) electrons. The largest absolute Gasteiger partial charge is 0.359 e. The Morgan fingerprint density at radius 1 is 1.50 bits per heavy atom. The van der Waals surface area contributed by atoms with Gasteiger partial charge < -0.3 is 15.2 Å². The lowest BCUT2D eigenvalue weighted by Crippen LogP contribution is -2.24. The fourth-order valence-electron chi connectivity index (χ4n) is 1.48. The average molecular weight is 223 g/mol. The lowest BCUT2D eigenvalue weighted by Gasteiger charge is -2.11. The Labute approximate surface area is 97.0 Å². The van der Waals surface area contributed by atoms with Gasteiger partial charge in [-0.25, -0.2) is 0 Å². The minimum absolute atomic E-state index is 0.0801. The Morgan fingerprint density at radius 3 is 2.88 bits per heavy atom. The fraction of sp³-hybridized carbons (Fsp3) is 0.583. The summed E-state index contributed by atoms with van der Waals surface area (Å²) in [5.74, 6) is 0.0801. The third-order valence-corrected chi connectivity index (χ3v) is 2.47. The summed E-state index contributed by atoms with van der Waals surface area (Å²) in [7, 11) is 1.67. The smallest absolute Gasteiger partial charge is 0.221 e. The molecular formula is C12H21N3O. The first-order valence-corrected chi connectivity index (χ1v) is 5.71. The van der Waals surface area contributed by atoms with E-state index in [2.05, 4.69) is 35.1 Å². The molecule has 0 spiro atoms. The molecule has 2 N–H and O–H groups in total. The third kappa shape index (κ3) is 4.06. The van der Waals surface area contributed by atoms with Crippen molar-refractivity contribution >= 4 is 5.91 Å². The second-order valence-electron chi connectivity index (χ2n) is 4.15. The zero-order valence-electron chi connectivity index (χ0n) is 10.3. The van der Waals surface area contributed by atoms with Gasteiger partial charge in [-0.1, -0.05) is 13.8 Å². The zero-order valence-corrected chi connectivity index (χ0v) is 10.3. The van der Waals surface area contributed by atoms with E-state index in [9.17, 15) is 4.79 Å². The van der Waals surface area contributed by atoms with Gasteiger partial charge in [0.15, 0.2) is 0 Å². The summed E-state index contributed by atoms with van der Waals surface area (Å²) in [5, 5.41) is 6.00. The highest BCUT2D eigenvalue weighted by atomic mass is 16.1. The molecule has 0 fully saturated rings. The molecule has 16 heavy (non-hydrogen) atoms. The number of rotatable bonds is 6. The van der Waals surface area contributed by atoms with Gasteiger partial charge in [0.2, 0.25) is 5.91 Å². The molecule has 0 bridgehead atoms. The van der Waals surface area contributed by atoms with E-state index < -0.39 is 0 Å². The van der Waals surface area contributed by atoms with Crippen LogP contribution in [0.2, 0.25) is 0 Å². The molecule has 0 aliphatic heterocycles. The summed E-state index contributed by atoms with van der Waals surface area (Å²) in [6.45, 7) is 5.83. The third-order valence-electron chi connectivity index (χ3n) is 2.47. The Kier molecular flexibility index (Phi) is 5.05. The first-order chi connectivity index (χ1) is 7.63. The second-order valence-corrected chi connectivity index (χ2v) is 4.15. The number of nitrogens with zero attached hydrogens (tertiary/aromatic N) is 1. The summed E-state index contributed by atoms with van der Waals surface area (Å²) in [6, 6.07) is 4.57. The zero-order chi connectivity index (χ0) is 12.0. The lowest BCUT2D eigenvalue weighted by atomic mass is 10.3. The second kappa shape index (κ2) is 6.33. The Balaban J connectivity index is 2.47. The predicted molar refractivity (Wildman–Crippen MR) is 65.1 cm³/mol. The number of hydrogen-bond acceptors (Lipinski definition) is 2. The van der Waals surface area contributed by atoms with Crippen molar-refractivity contribution in [1.29, 1.82) is 0 Å². The molecule has 1 heterocycles. The molecule has 0 saturated carbocycles. The van der Waals surface area contributed by atoms with E-state index in [4.69, 9.17) is 0 Å². The molecule has 1 amide bonds. The highest BCUT2D eigenvalue weighted by molar-refractivity contribution is 5.75. The van der Waals surface area contributed by atoms with Gasteiger partial charge in [0.05, 0.1) is 0 Å². The van der Waals surface area contributed by atoms with Gasteiger partial charge in [0.25, 0.3) is 0 Å². The molecule has 0 aromatic carbocycles. The van der Waals surface area contributed by atoms with Crippen LogP contribution in [0.4, 0.5) is 0 Å². The van der Waals surface area contributed by atoms with E-state index in [1.807, 2.05) is 12.3 Å². The van der Waals surface area contributed by atoms with Gasteiger partial charge in [-0.2, -0.15) is 0 Å². The van der Waals surface area contributed by atoms with E-state index in [0.717, 1.165) is 13.1 Å². The quantitative estimate of drug-likeness (QED) is 0.759. The Hall–Kier alpha value is -1.29. The summed E-state index contributed by atoms with van der Waals surface area (Å²) >= 11 is 0. The maximum atomic E-state index is 11.1. The van der Waals surface area contributed by atoms with Crippen molar-refractivity contribution in [3.8, 4) is 0 Å². The van der Waals surface area contributed by atoms with Crippen molar-refractivity contribution in [3.05, 3.63) is 24.0 Å². The molecular weight excluding hydrogens is 202 g/mol. The summed E-state index contributed by atoms with van der Waals surface area (Å²) in [5.41, 5.74) is 1.22. The van der Waals surface area contributed by atoms with Crippen molar-refractivity contribution in [2.45, 2.75) is 39.4 Å². The number of carbonyl (C=O) groups excluding carboxylic acids is 1. The summed E-state index contributed by atoms with van der Waals surface area (Å²) in [6.07, 6.45) is 2.54. The van der Waals surface area contributed by atoms with Crippen LogP contribution in [0, 0.1) is 0 Å². The van der Waals surface area contributed by atoms with E-state index in [-0.39, 0.29) is 5.91 Å². The highest BCUT2D eigenvalue weighted by Gasteiger charge is 2.03. The van der Waals surface area contributed by atoms with Crippen molar-refractivity contribution in [2.24, 2.45) is 0 Å². The van der Waals surface area contributed by atoms with Crippen LogP contribution in [-0.4, -0.2) is 23.6 Å². The van der Waals surface area contributed by atoms with Crippen LogP contribution < -0.4 is 10.6 Å². The SMILES string of the molecule is CNC(=O)CCn1cccc1CNC(C)C. The van der Waals surface area contributed by atoms with Crippen LogP contribution in [-0.2, 0) is 17.9 Å². The number of carbonyl (C=O) groups is 1. The Morgan fingerprint density at radius 2 is 2.25 bits per heavy atom. The molecule has 0 atom stereocenters. The van der Waals surface area contributed by atoms with Crippen LogP contribution in [0.3, 0.4) is 0 Å². The standard InChI is InChI=1S/C12H21N3O/c1-10(2)14-9-11-5-4-7-15(11)8-6-12(16)13-3/h4-5,7,10,14H,6,8-9H2,1-3H3,(H,13,16). The van der Waals surface area contributed by atoms with E-state index in [1.54, 1.807) is 7.05 Å². The molecule has 1 aromatic rings. The number of aryl methyl sites for hydroxylation is 1. The first-order valence-electron chi connectivity index (χ1n) is 5.71. The van der Waals surface area contributed by atoms with Gasteiger partial charge in [0, 0.05) is 44.5 Å². The number of aromatic nitrogens is 1. The minimum Gasteiger partial charge on any atom is -0.359 e. The van der Waals surface area contributed by atoms with E-state index in [0.29, 0.717) is 12.5 Å². The normalized spacial score (nSPS) is 10.8. The number of amides is 1. The molecule has 4 heteroatoms. The topological polar surface area (TPSA) is 46.1 Å². The van der Waals surface area contributed by atoms with Crippen molar-refractivity contribution in [1.82, 2.24) is 15.2 Å². The number of nitrogens with one attached hydrogen (secondary N) is 2. The average Bonchev–Trinajstić information content (AvgIpc) is 2.70. The molecule has 4 nitrogen and oxygen atoms in total. The van der Waals surface area contributed by atoms with Crippen molar-refractivity contribution in [3.63, 3.8) is 0 Å². The molecule has 1 aromatic heterocycles. The summed E-state index contributed by atoms with van der Waals surface area (Å²) in [4.78, 5) is 11.1. The molecule has 0 unspecified atom stereocenters. The van der Waals surface area contributed by atoms with Crippen molar-refractivity contribution in [2.75, 3.05) is 7.05 Å². The van der Waals surface area contributed by atoms with Crippen LogP contribution in [0.1, 0.15) is 26.0 Å². The number of hydrogen-bond donors (Lipinski definition) is 2. The van der Waals surface area contributed by atoms with Crippen LogP contribution in [0.5, 0.6) is 0 Å². The van der Waals surface area contributed by atoms with Gasteiger partial charge in [-0.3, -0.25) is 4.79 Å². The maximum absolute atomic E-state index is 11.1. The van der Waals surface area contributed by atoms with Crippen LogP contribution >= 0.6 is 0 Å². The minimum atomic E-state index is 0.0801. The highest BCUT2D eigenvalue weighted by Crippen LogP contribution is 2.03. The fourth-order valence-corrected chi connectivity index (χ4v) is 1.48. The summed E-state index contributed by atoms with van der Waals surface area (Å²) < 4.78 is 2.12. The van der Waals surface area contributed by atoms with Crippen LogP contribution in [0.15, 0.2) is 18.3 Å². The van der Waals surface area contributed by atoms with Gasteiger partial charge in [-0.15, -0.1) is 0 Å².